The van der Waals surface area contributed by atoms with E-state index in [1.54, 1.807) is 0 Å². The summed E-state index contributed by atoms with van der Waals surface area (Å²) >= 11 is 0. The summed E-state index contributed by atoms with van der Waals surface area (Å²) in [5, 5.41) is 3.47. The molecule has 0 aromatic rings. The Labute approximate surface area is 117 Å². The second kappa shape index (κ2) is 6.56. The normalized spacial score (nSPS) is 24.7. The highest BCUT2D eigenvalue weighted by Gasteiger charge is 2.25. The van der Waals surface area contributed by atoms with Crippen LogP contribution in [-0.2, 0) is 4.79 Å². The molecule has 0 spiro atoms. The third-order valence-corrected chi connectivity index (χ3v) is 4.43. The Morgan fingerprint density at radius 3 is 2.74 bits per heavy atom. The molecule has 1 heterocycles. The van der Waals surface area contributed by atoms with Crippen molar-refractivity contribution >= 4 is 5.91 Å². The SMILES string of the molecule is C=C(CNC1CC1)CN1CCC(C(C)C)CCC1=O. The van der Waals surface area contributed by atoms with Crippen LogP contribution in [0.1, 0.15) is 46.0 Å². The molecule has 2 rings (SSSR count). The van der Waals surface area contributed by atoms with E-state index in [2.05, 4.69) is 25.7 Å². The number of carbonyl (C=O) groups is 1. The van der Waals surface area contributed by atoms with Crippen LogP contribution in [0.3, 0.4) is 0 Å². The molecule has 1 N–H and O–H groups in total. The molecule has 1 saturated carbocycles. The van der Waals surface area contributed by atoms with Crippen molar-refractivity contribution in [2.24, 2.45) is 11.8 Å². The first kappa shape index (κ1) is 14.6. The monoisotopic (exact) mass is 264 g/mol. The van der Waals surface area contributed by atoms with E-state index >= 15 is 0 Å². The van der Waals surface area contributed by atoms with Crippen molar-refractivity contribution in [1.29, 1.82) is 0 Å². The Balaban J connectivity index is 1.77. The van der Waals surface area contributed by atoms with Crippen LogP contribution in [0.25, 0.3) is 0 Å². The van der Waals surface area contributed by atoms with Gasteiger partial charge in [-0.3, -0.25) is 4.79 Å². The largest absolute Gasteiger partial charge is 0.339 e. The van der Waals surface area contributed by atoms with Crippen molar-refractivity contribution in [3.05, 3.63) is 12.2 Å². The average molecular weight is 264 g/mol. The van der Waals surface area contributed by atoms with Gasteiger partial charge in [-0.15, -0.1) is 0 Å². The summed E-state index contributed by atoms with van der Waals surface area (Å²) in [6.07, 6.45) is 5.51. The summed E-state index contributed by atoms with van der Waals surface area (Å²) in [5.41, 5.74) is 1.14. The molecule has 108 valence electrons. The highest BCUT2D eigenvalue weighted by molar-refractivity contribution is 5.76. The molecule has 3 heteroatoms. The number of nitrogens with zero attached hydrogens (tertiary/aromatic N) is 1. The second-order valence-corrected chi connectivity index (χ2v) is 6.55. The molecular weight excluding hydrogens is 236 g/mol. The lowest BCUT2D eigenvalue weighted by Crippen LogP contribution is -2.34. The lowest BCUT2D eigenvalue weighted by Gasteiger charge is -2.23. The van der Waals surface area contributed by atoms with Gasteiger partial charge in [0.2, 0.25) is 5.91 Å². The maximum Gasteiger partial charge on any atom is 0.222 e. The van der Waals surface area contributed by atoms with Crippen LogP contribution in [0.15, 0.2) is 12.2 Å². The fourth-order valence-electron chi connectivity index (χ4n) is 2.79. The number of carbonyl (C=O) groups excluding carboxylic acids is 1. The Morgan fingerprint density at radius 2 is 2.11 bits per heavy atom. The molecule has 2 aliphatic rings. The number of likely N-dealkylation sites (tertiary alicyclic amines) is 1. The van der Waals surface area contributed by atoms with E-state index in [9.17, 15) is 4.79 Å². The minimum atomic E-state index is 0.315. The maximum absolute atomic E-state index is 12.1. The summed E-state index contributed by atoms with van der Waals surface area (Å²) in [6, 6.07) is 0.710. The van der Waals surface area contributed by atoms with Crippen molar-refractivity contribution in [1.82, 2.24) is 10.2 Å². The molecule has 1 saturated heterocycles. The van der Waals surface area contributed by atoms with Gasteiger partial charge >= 0.3 is 0 Å². The third-order valence-electron chi connectivity index (χ3n) is 4.43. The molecule has 19 heavy (non-hydrogen) atoms. The zero-order valence-corrected chi connectivity index (χ0v) is 12.5. The van der Waals surface area contributed by atoms with Crippen molar-refractivity contribution in [3.8, 4) is 0 Å². The summed E-state index contributed by atoms with van der Waals surface area (Å²) in [5.74, 6) is 1.70. The zero-order chi connectivity index (χ0) is 13.8. The quantitative estimate of drug-likeness (QED) is 0.748. The highest BCUT2D eigenvalue weighted by Crippen LogP contribution is 2.25. The van der Waals surface area contributed by atoms with E-state index in [0.29, 0.717) is 30.2 Å². The average Bonchev–Trinajstić information content (AvgIpc) is 3.17. The van der Waals surface area contributed by atoms with Crippen molar-refractivity contribution in [2.45, 2.75) is 52.0 Å². The Hall–Kier alpha value is -0.830. The van der Waals surface area contributed by atoms with Gasteiger partial charge in [0, 0.05) is 32.1 Å². The van der Waals surface area contributed by atoms with Crippen LogP contribution >= 0.6 is 0 Å². The van der Waals surface area contributed by atoms with Crippen LogP contribution in [0.5, 0.6) is 0 Å². The van der Waals surface area contributed by atoms with Crippen LogP contribution in [0, 0.1) is 11.8 Å². The maximum atomic E-state index is 12.1. The Morgan fingerprint density at radius 1 is 1.37 bits per heavy atom. The lowest BCUT2D eigenvalue weighted by molar-refractivity contribution is -0.130. The van der Waals surface area contributed by atoms with Gasteiger partial charge in [-0.1, -0.05) is 20.4 Å². The molecule has 0 aromatic carbocycles. The fraction of sp³-hybridized carbons (Fsp3) is 0.812. The highest BCUT2D eigenvalue weighted by atomic mass is 16.2. The number of hydrogen-bond donors (Lipinski definition) is 1. The number of nitrogens with one attached hydrogen (secondary N) is 1. The minimum absolute atomic E-state index is 0.315. The van der Waals surface area contributed by atoms with Gasteiger partial charge in [0.05, 0.1) is 0 Å². The number of hydrogen-bond acceptors (Lipinski definition) is 2. The van der Waals surface area contributed by atoms with Crippen LogP contribution in [-0.4, -0.2) is 36.5 Å². The van der Waals surface area contributed by atoms with Gasteiger partial charge in [-0.25, -0.2) is 0 Å². The van der Waals surface area contributed by atoms with E-state index < -0.39 is 0 Å². The van der Waals surface area contributed by atoms with E-state index in [0.717, 1.165) is 38.0 Å². The fourth-order valence-corrected chi connectivity index (χ4v) is 2.79. The molecule has 2 fully saturated rings. The molecule has 0 aromatic heterocycles. The summed E-state index contributed by atoms with van der Waals surface area (Å²) in [7, 11) is 0. The van der Waals surface area contributed by atoms with Crippen molar-refractivity contribution in [2.75, 3.05) is 19.6 Å². The standard InChI is InChI=1S/C16H28N2O/c1-12(2)14-4-7-16(19)18(9-8-14)11-13(3)10-17-15-5-6-15/h12,14-15,17H,3-11H2,1-2H3. The van der Waals surface area contributed by atoms with E-state index in [1.165, 1.54) is 12.8 Å². The van der Waals surface area contributed by atoms with Crippen molar-refractivity contribution in [3.63, 3.8) is 0 Å². The van der Waals surface area contributed by atoms with Gasteiger partial charge in [0.25, 0.3) is 0 Å². The Kier molecular flexibility index (Phi) is 5.03. The molecule has 3 nitrogen and oxygen atoms in total. The zero-order valence-electron chi connectivity index (χ0n) is 12.5. The number of rotatable bonds is 6. The summed E-state index contributed by atoms with van der Waals surface area (Å²) in [4.78, 5) is 14.1. The first-order chi connectivity index (χ1) is 9.06. The molecule has 1 aliphatic carbocycles. The van der Waals surface area contributed by atoms with Gasteiger partial charge < -0.3 is 10.2 Å². The van der Waals surface area contributed by atoms with Gasteiger partial charge in [-0.2, -0.15) is 0 Å². The lowest BCUT2D eigenvalue weighted by atomic mass is 9.89. The first-order valence-electron chi connectivity index (χ1n) is 7.74. The molecular formula is C16H28N2O. The second-order valence-electron chi connectivity index (χ2n) is 6.55. The smallest absolute Gasteiger partial charge is 0.222 e. The molecule has 0 radical (unpaired) electrons. The Bertz CT molecular complexity index is 334. The van der Waals surface area contributed by atoms with Gasteiger partial charge in [0.15, 0.2) is 0 Å². The molecule has 1 amide bonds. The molecule has 1 unspecified atom stereocenters. The predicted octanol–water partition coefficient (Wildman–Crippen LogP) is 2.58. The van der Waals surface area contributed by atoms with E-state index in [1.807, 2.05) is 4.90 Å². The predicted molar refractivity (Wildman–Crippen MR) is 78.9 cm³/mol. The number of amides is 1. The molecule has 1 atom stereocenters. The summed E-state index contributed by atoms with van der Waals surface area (Å²) < 4.78 is 0. The van der Waals surface area contributed by atoms with Gasteiger partial charge in [0.1, 0.15) is 0 Å². The van der Waals surface area contributed by atoms with Gasteiger partial charge in [-0.05, 0) is 43.1 Å². The first-order valence-corrected chi connectivity index (χ1v) is 7.74. The van der Waals surface area contributed by atoms with Crippen LogP contribution in [0.4, 0.5) is 0 Å². The third kappa shape index (κ3) is 4.64. The van der Waals surface area contributed by atoms with E-state index in [4.69, 9.17) is 0 Å². The van der Waals surface area contributed by atoms with Crippen LogP contribution < -0.4 is 5.32 Å². The minimum Gasteiger partial charge on any atom is -0.339 e. The molecule has 1 aliphatic heterocycles. The van der Waals surface area contributed by atoms with E-state index in [-0.39, 0.29) is 0 Å². The van der Waals surface area contributed by atoms with Crippen molar-refractivity contribution < 1.29 is 4.79 Å². The molecule has 0 bridgehead atoms. The van der Waals surface area contributed by atoms with Crippen LogP contribution in [0.2, 0.25) is 0 Å². The topological polar surface area (TPSA) is 32.3 Å². The summed E-state index contributed by atoms with van der Waals surface area (Å²) in [6.45, 7) is 11.2.